The fourth-order valence-corrected chi connectivity index (χ4v) is 3.38. The maximum atomic E-state index is 12.5. The summed E-state index contributed by atoms with van der Waals surface area (Å²) >= 11 is 3.35. The van der Waals surface area contributed by atoms with Crippen LogP contribution >= 0.6 is 23.3 Å². The zero-order chi connectivity index (χ0) is 18.3. The maximum absolute atomic E-state index is 12.5. The Kier molecular flexibility index (Phi) is 7.24. The molecule has 0 radical (unpaired) electrons. The van der Waals surface area contributed by atoms with E-state index in [-0.39, 0.29) is 18.8 Å². The van der Waals surface area contributed by atoms with Gasteiger partial charge in [0.25, 0.3) is 5.91 Å². The van der Waals surface area contributed by atoms with Crippen LogP contribution in [0.3, 0.4) is 0 Å². The van der Waals surface area contributed by atoms with Crippen LogP contribution in [0.25, 0.3) is 0 Å². The molecule has 134 valence electrons. The number of hydrogen-bond acceptors (Lipinski definition) is 4. The first-order valence-corrected chi connectivity index (χ1v) is 10.9. The van der Waals surface area contributed by atoms with E-state index in [1.165, 1.54) is 6.66 Å². The van der Waals surface area contributed by atoms with Gasteiger partial charge in [-0.15, -0.1) is 0 Å². The number of carbonyl (C=O) groups excluding carboxylic acids is 1. The smallest absolute Gasteiger partial charge is 0.255 e. The van der Waals surface area contributed by atoms with Crippen molar-refractivity contribution in [3.05, 3.63) is 64.1 Å². The van der Waals surface area contributed by atoms with Gasteiger partial charge < -0.3 is 14.6 Å². The molecule has 0 aromatic heterocycles. The highest BCUT2D eigenvalue weighted by molar-refractivity contribution is 9.10. The van der Waals surface area contributed by atoms with Crippen LogP contribution in [-0.2, 0) is 15.7 Å². The molecule has 2 aromatic carbocycles. The van der Waals surface area contributed by atoms with Crippen LogP contribution in [0.2, 0.25) is 0 Å². The molecule has 0 aliphatic heterocycles. The minimum absolute atomic E-state index is 0.0414. The van der Waals surface area contributed by atoms with Crippen LogP contribution in [0, 0.1) is 0 Å². The van der Waals surface area contributed by atoms with Gasteiger partial charge in [0.05, 0.1) is 25.1 Å². The van der Waals surface area contributed by atoms with E-state index >= 15 is 0 Å². The summed E-state index contributed by atoms with van der Waals surface area (Å²) in [5, 5.41) is 2.67. The summed E-state index contributed by atoms with van der Waals surface area (Å²) in [5.74, 6) is 0.131. The summed E-state index contributed by atoms with van der Waals surface area (Å²) in [7, 11) is -2.95. The van der Waals surface area contributed by atoms with E-state index in [1.54, 1.807) is 18.2 Å². The second-order valence-corrected chi connectivity index (χ2v) is 9.03. The molecule has 2 rings (SSSR count). The molecular formula is C18H21BrNO4P. The molecule has 2 aromatic rings. The highest BCUT2D eigenvalue weighted by atomic mass is 79.9. The SMILES string of the molecule is CCOc1cc(Br)ccc1C(=O)NCP(C)(=O)OCc1ccccc1. The Morgan fingerprint density at radius 2 is 1.92 bits per heavy atom. The highest BCUT2D eigenvalue weighted by Crippen LogP contribution is 2.42. The fourth-order valence-electron chi connectivity index (χ4n) is 2.10. The molecule has 0 aliphatic rings. The van der Waals surface area contributed by atoms with Crippen molar-refractivity contribution in [2.75, 3.05) is 19.6 Å². The number of rotatable bonds is 8. The first-order chi connectivity index (χ1) is 11.9. The normalized spacial score (nSPS) is 13.1. The number of halogens is 1. The Morgan fingerprint density at radius 1 is 1.20 bits per heavy atom. The fraction of sp³-hybridized carbons (Fsp3) is 0.278. The second-order valence-electron chi connectivity index (χ2n) is 5.51. The lowest BCUT2D eigenvalue weighted by Crippen LogP contribution is -2.25. The number of amides is 1. The Morgan fingerprint density at radius 3 is 2.60 bits per heavy atom. The van der Waals surface area contributed by atoms with Gasteiger partial charge in [0.2, 0.25) is 7.37 Å². The third-order valence-electron chi connectivity index (χ3n) is 3.36. The Hall–Kier alpha value is -1.62. The zero-order valence-corrected chi connectivity index (χ0v) is 16.7. The predicted molar refractivity (Wildman–Crippen MR) is 102 cm³/mol. The van der Waals surface area contributed by atoms with E-state index in [9.17, 15) is 9.36 Å². The standard InChI is InChI=1S/C18H21BrNO4P/c1-3-23-17-11-15(19)9-10-16(17)18(21)20-13-25(2,22)24-12-14-7-5-4-6-8-14/h4-11H,3,12-13H2,1-2H3,(H,20,21). The van der Waals surface area contributed by atoms with Crippen molar-refractivity contribution in [3.63, 3.8) is 0 Å². The largest absolute Gasteiger partial charge is 0.493 e. The number of benzene rings is 2. The van der Waals surface area contributed by atoms with Gasteiger partial charge in [0, 0.05) is 11.1 Å². The molecular weight excluding hydrogens is 405 g/mol. The summed E-state index contributed by atoms with van der Waals surface area (Å²) in [5.41, 5.74) is 1.33. The van der Waals surface area contributed by atoms with Crippen molar-refractivity contribution in [2.24, 2.45) is 0 Å². The van der Waals surface area contributed by atoms with Crippen LogP contribution in [0.1, 0.15) is 22.8 Å². The van der Waals surface area contributed by atoms with E-state index in [0.29, 0.717) is 17.9 Å². The molecule has 0 saturated heterocycles. The Bertz CT molecular complexity index is 767. The van der Waals surface area contributed by atoms with Crippen molar-refractivity contribution in [1.29, 1.82) is 0 Å². The van der Waals surface area contributed by atoms with Crippen molar-refractivity contribution in [2.45, 2.75) is 13.5 Å². The highest BCUT2D eigenvalue weighted by Gasteiger charge is 2.20. The first-order valence-electron chi connectivity index (χ1n) is 7.87. The summed E-state index contributed by atoms with van der Waals surface area (Å²) in [4.78, 5) is 12.4. The summed E-state index contributed by atoms with van der Waals surface area (Å²) in [6, 6.07) is 14.6. The van der Waals surface area contributed by atoms with Crippen molar-refractivity contribution < 1.29 is 18.6 Å². The van der Waals surface area contributed by atoms with Gasteiger partial charge in [0.1, 0.15) is 5.75 Å². The van der Waals surface area contributed by atoms with Gasteiger partial charge in [-0.25, -0.2) is 0 Å². The first kappa shape index (κ1) is 19.7. The van der Waals surface area contributed by atoms with Gasteiger partial charge in [-0.05, 0) is 30.7 Å². The second kappa shape index (κ2) is 9.18. The average Bonchev–Trinajstić information content (AvgIpc) is 2.60. The average molecular weight is 426 g/mol. The van der Waals surface area contributed by atoms with Crippen molar-refractivity contribution in [1.82, 2.24) is 5.32 Å². The minimum Gasteiger partial charge on any atom is -0.493 e. The van der Waals surface area contributed by atoms with Crippen molar-refractivity contribution >= 4 is 29.2 Å². The number of hydrogen-bond donors (Lipinski definition) is 1. The van der Waals surface area contributed by atoms with E-state index in [0.717, 1.165) is 10.0 Å². The van der Waals surface area contributed by atoms with Gasteiger partial charge in [0.15, 0.2) is 0 Å². The molecule has 0 spiro atoms. The molecule has 0 heterocycles. The Balaban J connectivity index is 1.95. The molecule has 0 aliphatic carbocycles. The van der Waals surface area contributed by atoms with Crippen LogP contribution in [0.5, 0.6) is 5.75 Å². The molecule has 1 unspecified atom stereocenters. The van der Waals surface area contributed by atoms with Crippen LogP contribution < -0.4 is 10.1 Å². The third-order valence-corrected chi connectivity index (χ3v) is 5.26. The third kappa shape index (κ3) is 6.31. The van der Waals surface area contributed by atoms with Gasteiger partial charge in [-0.2, -0.15) is 0 Å². The van der Waals surface area contributed by atoms with E-state index in [1.807, 2.05) is 37.3 Å². The lowest BCUT2D eigenvalue weighted by atomic mass is 10.2. The lowest BCUT2D eigenvalue weighted by Gasteiger charge is -2.16. The summed E-state index contributed by atoms with van der Waals surface area (Å²) in [6.07, 6.45) is -0.0414. The van der Waals surface area contributed by atoms with E-state index in [4.69, 9.17) is 9.26 Å². The number of nitrogens with one attached hydrogen (secondary N) is 1. The Labute approximate surface area is 156 Å². The quantitative estimate of drug-likeness (QED) is 0.624. The minimum atomic E-state index is -2.95. The van der Waals surface area contributed by atoms with Gasteiger partial charge >= 0.3 is 0 Å². The molecule has 1 amide bonds. The monoisotopic (exact) mass is 425 g/mol. The topological polar surface area (TPSA) is 64.6 Å². The van der Waals surface area contributed by atoms with E-state index in [2.05, 4.69) is 21.2 Å². The van der Waals surface area contributed by atoms with E-state index < -0.39 is 7.37 Å². The van der Waals surface area contributed by atoms with Crippen LogP contribution in [0.4, 0.5) is 0 Å². The summed E-state index contributed by atoms with van der Waals surface area (Å²) in [6.45, 7) is 4.05. The lowest BCUT2D eigenvalue weighted by molar-refractivity contribution is 0.0954. The summed E-state index contributed by atoms with van der Waals surface area (Å²) < 4.78 is 24.3. The predicted octanol–water partition coefficient (Wildman–Crippen LogP) is 4.66. The zero-order valence-electron chi connectivity index (χ0n) is 14.2. The molecule has 1 atom stereocenters. The van der Waals surface area contributed by atoms with Gasteiger partial charge in [-0.3, -0.25) is 9.36 Å². The number of carbonyl (C=O) groups is 1. The molecule has 5 nitrogen and oxygen atoms in total. The van der Waals surface area contributed by atoms with Crippen LogP contribution in [0.15, 0.2) is 53.0 Å². The van der Waals surface area contributed by atoms with Crippen molar-refractivity contribution in [3.8, 4) is 5.75 Å². The van der Waals surface area contributed by atoms with Crippen LogP contribution in [-0.4, -0.2) is 25.5 Å². The number of ether oxygens (including phenoxy) is 1. The maximum Gasteiger partial charge on any atom is 0.255 e. The molecule has 1 N–H and O–H groups in total. The molecule has 0 bridgehead atoms. The molecule has 0 fully saturated rings. The molecule has 0 saturated carbocycles. The molecule has 7 heteroatoms. The van der Waals surface area contributed by atoms with Gasteiger partial charge in [-0.1, -0.05) is 46.3 Å². The molecule has 25 heavy (non-hydrogen) atoms.